The predicted octanol–water partition coefficient (Wildman–Crippen LogP) is 4.63. The largest absolute Gasteiger partial charge is 0.351 e. The van der Waals surface area contributed by atoms with Crippen LogP contribution in [0, 0.1) is 5.92 Å². The third-order valence-corrected chi connectivity index (χ3v) is 6.59. The van der Waals surface area contributed by atoms with Gasteiger partial charge in [0.15, 0.2) is 5.11 Å². The van der Waals surface area contributed by atoms with Gasteiger partial charge in [0.1, 0.15) is 5.82 Å². The molecule has 1 unspecified atom stereocenters. The van der Waals surface area contributed by atoms with Gasteiger partial charge in [-0.3, -0.25) is 15.0 Å². The van der Waals surface area contributed by atoms with Crippen molar-refractivity contribution in [3.8, 4) is 11.3 Å². The molecule has 1 aliphatic heterocycles. The highest BCUT2D eigenvalue weighted by Gasteiger charge is 2.31. The summed E-state index contributed by atoms with van der Waals surface area (Å²) in [6, 6.07) is 14.2. The molecular weight excluding hydrogens is 442 g/mol. The molecule has 1 aliphatic rings. The van der Waals surface area contributed by atoms with Crippen molar-refractivity contribution in [3.63, 3.8) is 0 Å². The highest BCUT2D eigenvalue weighted by molar-refractivity contribution is 7.80. The van der Waals surface area contributed by atoms with E-state index >= 15 is 0 Å². The van der Waals surface area contributed by atoms with Gasteiger partial charge in [-0.25, -0.2) is 4.98 Å². The van der Waals surface area contributed by atoms with Crippen molar-refractivity contribution >= 4 is 39.7 Å². The predicted molar refractivity (Wildman–Crippen MR) is 141 cm³/mol. The van der Waals surface area contributed by atoms with Gasteiger partial charge in [0.05, 0.1) is 29.6 Å². The molecule has 8 heteroatoms. The second-order valence-corrected chi connectivity index (χ2v) is 9.14. The van der Waals surface area contributed by atoms with Gasteiger partial charge < -0.3 is 15.1 Å². The summed E-state index contributed by atoms with van der Waals surface area (Å²) in [5, 5.41) is 5.29. The van der Waals surface area contributed by atoms with Gasteiger partial charge in [0.25, 0.3) is 0 Å². The van der Waals surface area contributed by atoms with Crippen molar-refractivity contribution in [1.29, 1.82) is 0 Å². The zero-order chi connectivity index (χ0) is 23.5. The third kappa shape index (κ3) is 4.54. The first-order valence-electron chi connectivity index (χ1n) is 11.5. The van der Waals surface area contributed by atoms with Gasteiger partial charge in [0.2, 0.25) is 0 Å². The Morgan fingerprint density at radius 2 is 1.85 bits per heavy atom. The zero-order valence-corrected chi connectivity index (χ0v) is 20.1. The number of hydrogen-bond donors (Lipinski definition) is 1. The van der Waals surface area contributed by atoms with E-state index in [0.29, 0.717) is 5.92 Å². The molecule has 1 saturated heterocycles. The van der Waals surface area contributed by atoms with Crippen LogP contribution in [0.1, 0.15) is 13.8 Å². The molecule has 7 nitrogen and oxygen atoms in total. The second kappa shape index (κ2) is 9.69. The first-order chi connectivity index (χ1) is 16.6. The van der Waals surface area contributed by atoms with Crippen LogP contribution in [-0.2, 0) is 0 Å². The minimum atomic E-state index is 0.252. The van der Waals surface area contributed by atoms with Crippen molar-refractivity contribution in [3.05, 3.63) is 73.4 Å². The monoisotopic (exact) mass is 469 g/mol. The summed E-state index contributed by atoms with van der Waals surface area (Å²) >= 11 is 5.88. The van der Waals surface area contributed by atoms with E-state index in [1.165, 1.54) is 0 Å². The topological polar surface area (TPSA) is 70.1 Å². The summed E-state index contributed by atoms with van der Waals surface area (Å²) in [4.78, 5) is 22.6. The first-order valence-corrected chi connectivity index (χ1v) is 11.9. The number of nitrogens with one attached hydrogen (secondary N) is 1. The average molecular weight is 470 g/mol. The number of pyridine rings is 2. The normalized spacial score (nSPS) is 16.1. The molecule has 1 aromatic carbocycles. The molecule has 34 heavy (non-hydrogen) atoms. The summed E-state index contributed by atoms with van der Waals surface area (Å²) in [5.74, 6) is 1.30. The van der Waals surface area contributed by atoms with Crippen LogP contribution >= 0.6 is 12.2 Å². The second-order valence-electron chi connectivity index (χ2n) is 8.76. The molecule has 0 radical (unpaired) electrons. The molecule has 0 saturated carbocycles. The number of thiocarbonyl (C=S) groups is 1. The Labute approximate surface area is 204 Å². The van der Waals surface area contributed by atoms with Crippen LogP contribution in [0.15, 0.2) is 73.4 Å². The van der Waals surface area contributed by atoms with E-state index in [-0.39, 0.29) is 6.04 Å². The van der Waals surface area contributed by atoms with E-state index in [1.54, 1.807) is 12.4 Å². The number of rotatable bonds is 4. The summed E-state index contributed by atoms with van der Waals surface area (Å²) in [6.07, 6.45) is 9.05. The standard InChI is InChI=1S/C26H27N7S/c1-18(2)24-17-32(25-16-29-23(15-30-25)19-6-4-10-27-14-19)12-13-33(24)26(34)31-22-9-3-8-21-20(22)7-5-11-28-21/h3-11,14-16,18,24H,12-13,17H2,1-2H3,(H,31,34). The summed E-state index contributed by atoms with van der Waals surface area (Å²) in [7, 11) is 0. The van der Waals surface area contributed by atoms with E-state index in [4.69, 9.17) is 17.2 Å². The molecule has 0 bridgehead atoms. The molecule has 3 aromatic heterocycles. The van der Waals surface area contributed by atoms with Crippen LogP contribution in [0.25, 0.3) is 22.2 Å². The Balaban J connectivity index is 1.31. The first kappa shape index (κ1) is 22.2. The molecule has 0 spiro atoms. The van der Waals surface area contributed by atoms with Gasteiger partial charge in [-0.1, -0.05) is 19.9 Å². The lowest BCUT2D eigenvalue weighted by Crippen LogP contribution is -2.58. The van der Waals surface area contributed by atoms with Gasteiger partial charge in [-0.05, 0) is 54.5 Å². The number of nitrogens with zero attached hydrogens (tertiary/aromatic N) is 6. The lowest BCUT2D eigenvalue weighted by atomic mass is 10.00. The quantitative estimate of drug-likeness (QED) is 0.434. The Morgan fingerprint density at radius 1 is 0.971 bits per heavy atom. The van der Waals surface area contributed by atoms with Gasteiger partial charge >= 0.3 is 0 Å². The van der Waals surface area contributed by atoms with Crippen LogP contribution in [0.5, 0.6) is 0 Å². The molecule has 1 atom stereocenters. The maximum Gasteiger partial charge on any atom is 0.173 e. The summed E-state index contributed by atoms with van der Waals surface area (Å²) < 4.78 is 0. The van der Waals surface area contributed by atoms with E-state index in [0.717, 1.165) is 58.4 Å². The van der Waals surface area contributed by atoms with Gasteiger partial charge in [-0.15, -0.1) is 0 Å². The fourth-order valence-electron chi connectivity index (χ4n) is 4.39. The van der Waals surface area contributed by atoms with Crippen LogP contribution in [0.3, 0.4) is 0 Å². The molecule has 1 fully saturated rings. The Hall–Kier alpha value is -3.65. The maximum absolute atomic E-state index is 5.88. The molecule has 4 aromatic rings. The molecule has 0 aliphatic carbocycles. The fraction of sp³-hybridized carbons (Fsp3) is 0.269. The zero-order valence-electron chi connectivity index (χ0n) is 19.3. The molecule has 1 N–H and O–H groups in total. The Morgan fingerprint density at radius 3 is 2.62 bits per heavy atom. The lowest BCUT2D eigenvalue weighted by molar-refractivity contribution is 0.227. The van der Waals surface area contributed by atoms with Crippen LogP contribution in [-0.4, -0.2) is 55.6 Å². The molecular formula is C26H27N7S. The fourth-order valence-corrected chi connectivity index (χ4v) is 4.72. The van der Waals surface area contributed by atoms with Crippen molar-refractivity contribution in [2.45, 2.75) is 19.9 Å². The average Bonchev–Trinajstić information content (AvgIpc) is 2.89. The molecule has 172 valence electrons. The number of aromatic nitrogens is 4. The van der Waals surface area contributed by atoms with Crippen LogP contribution in [0.2, 0.25) is 0 Å². The SMILES string of the molecule is CC(C)C1CN(c2cnc(-c3cccnc3)cn2)CCN1C(=S)Nc1cccc2ncccc12. The van der Waals surface area contributed by atoms with Crippen molar-refractivity contribution in [1.82, 2.24) is 24.8 Å². The van der Waals surface area contributed by atoms with E-state index in [1.807, 2.05) is 48.9 Å². The van der Waals surface area contributed by atoms with Crippen molar-refractivity contribution in [2.24, 2.45) is 5.92 Å². The number of hydrogen-bond acceptors (Lipinski definition) is 6. The smallest absolute Gasteiger partial charge is 0.173 e. The molecule has 5 rings (SSSR count). The van der Waals surface area contributed by atoms with Gasteiger partial charge in [0, 0.05) is 54.9 Å². The summed E-state index contributed by atoms with van der Waals surface area (Å²) in [5.41, 5.74) is 3.73. The minimum Gasteiger partial charge on any atom is -0.351 e. The van der Waals surface area contributed by atoms with Gasteiger partial charge in [-0.2, -0.15) is 0 Å². The Bertz CT molecular complexity index is 1270. The van der Waals surface area contributed by atoms with E-state index in [2.05, 4.69) is 56.0 Å². The maximum atomic E-state index is 5.88. The van der Waals surface area contributed by atoms with Crippen LogP contribution < -0.4 is 10.2 Å². The van der Waals surface area contributed by atoms with Crippen molar-refractivity contribution in [2.75, 3.05) is 29.9 Å². The van der Waals surface area contributed by atoms with E-state index < -0.39 is 0 Å². The Kier molecular flexibility index (Phi) is 6.31. The van der Waals surface area contributed by atoms with Crippen molar-refractivity contribution < 1.29 is 0 Å². The summed E-state index contributed by atoms with van der Waals surface area (Å²) in [6.45, 7) is 6.94. The van der Waals surface area contributed by atoms with Crippen LogP contribution in [0.4, 0.5) is 11.5 Å². The number of fused-ring (bicyclic) bond motifs is 1. The number of piperazine rings is 1. The highest BCUT2D eigenvalue weighted by Crippen LogP contribution is 2.26. The third-order valence-electron chi connectivity index (χ3n) is 6.26. The highest BCUT2D eigenvalue weighted by atomic mass is 32.1. The minimum absolute atomic E-state index is 0.252. The molecule has 4 heterocycles. The lowest BCUT2D eigenvalue weighted by Gasteiger charge is -2.45. The number of anilines is 2. The number of benzene rings is 1. The van der Waals surface area contributed by atoms with E-state index in [9.17, 15) is 0 Å². The molecule has 0 amide bonds.